The number of phenols is 1. The molecule has 1 aliphatic rings. The number of hydrogen-bond acceptors (Lipinski definition) is 3. The van der Waals surface area contributed by atoms with Crippen molar-refractivity contribution in [2.24, 2.45) is 0 Å². The first-order chi connectivity index (χ1) is 9.61. The normalized spacial score (nSPS) is 18.8. The third-order valence-corrected chi connectivity index (χ3v) is 3.86. The molecule has 0 spiro atoms. The van der Waals surface area contributed by atoms with Crippen LogP contribution in [0.3, 0.4) is 0 Å². The lowest BCUT2D eigenvalue weighted by Gasteiger charge is -2.29. The summed E-state index contributed by atoms with van der Waals surface area (Å²) in [6.45, 7) is 3.95. The molecule has 1 atom stereocenters. The summed E-state index contributed by atoms with van der Waals surface area (Å²) in [7, 11) is 0. The van der Waals surface area contributed by atoms with Gasteiger partial charge in [0.2, 0.25) is 0 Å². The van der Waals surface area contributed by atoms with Crippen LogP contribution in [-0.2, 0) is 4.74 Å². The van der Waals surface area contributed by atoms with Gasteiger partial charge in [-0.05, 0) is 44.4 Å². The third kappa shape index (κ3) is 3.64. The van der Waals surface area contributed by atoms with Gasteiger partial charge < -0.3 is 14.7 Å². The highest BCUT2D eigenvalue weighted by molar-refractivity contribution is 6.32. The molecule has 0 unspecified atom stereocenters. The minimum absolute atomic E-state index is 0.0121. The first-order valence-electron chi connectivity index (χ1n) is 7.01. The van der Waals surface area contributed by atoms with E-state index in [1.807, 2.05) is 6.92 Å². The molecule has 0 bridgehead atoms. The summed E-state index contributed by atoms with van der Waals surface area (Å²) in [6.07, 6.45) is 3.38. The van der Waals surface area contributed by atoms with Gasteiger partial charge in [0.15, 0.2) is 0 Å². The first kappa shape index (κ1) is 15.1. The van der Waals surface area contributed by atoms with Gasteiger partial charge in [-0.25, -0.2) is 0 Å². The summed E-state index contributed by atoms with van der Waals surface area (Å²) >= 11 is 5.85. The zero-order valence-electron chi connectivity index (χ0n) is 11.6. The van der Waals surface area contributed by atoms with Crippen molar-refractivity contribution in [3.8, 4) is 5.75 Å². The van der Waals surface area contributed by atoms with Gasteiger partial charge >= 0.3 is 0 Å². The van der Waals surface area contributed by atoms with Crippen molar-refractivity contribution in [1.29, 1.82) is 0 Å². The summed E-state index contributed by atoms with van der Waals surface area (Å²) < 4.78 is 5.68. The number of likely N-dealkylation sites (N-methyl/N-ethyl adjacent to an activating group) is 1. The summed E-state index contributed by atoms with van der Waals surface area (Å²) in [4.78, 5) is 14.2. The summed E-state index contributed by atoms with van der Waals surface area (Å²) in [5.74, 6) is -0.0922. The van der Waals surface area contributed by atoms with E-state index in [1.165, 1.54) is 12.1 Å². The highest BCUT2D eigenvalue weighted by Crippen LogP contribution is 2.24. The average Bonchev–Trinajstić information content (AvgIpc) is 2.48. The van der Waals surface area contributed by atoms with Crippen LogP contribution in [0.25, 0.3) is 0 Å². The molecule has 1 N–H and O–H groups in total. The fraction of sp³-hybridized carbons (Fsp3) is 0.533. The highest BCUT2D eigenvalue weighted by atomic mass is 35.5. The van der Waals surface area contributed by atoms with Crippen LogP contribution in [0.1, 0.15) is 36.5 Å². The molecule has 5 heteroatoms. The van der Waals surface area contributed by atoms with Gasteiger partial charge in [-0.3, -0.25) is 4.79 Å². The third-order valence-electron chi connectivity index (χ3n) is 3.56. The van der Waals surface area contributed by atoms with Gasteiger partial charge in [-0.15, -0.1) is 0 Å². The predicted molar refractivity (Wildman–Crippen MR) is 78.3 cm³/mol. The molecule has 1 heterocycles. The number of halogens is 1. The number of phenolic OH excluding ortho intramolecular Hbond substituents is 1. The lowest BCUT2D eigenvalue weighted by molar-refractivity contribution is -0.00311. The van der Waals surface area contributed by atoms with Crippen molar-refractivity contribution in [2.45, 2.75) is 32.3 Å². The van der Waals surface area contributed by atoms with Crippen molar-refractivity contribution in [2.75, 3.05) is 19.7 Å². The van der Waals surface area contributed by atoms with Crippen LogP contribution in [0.2, 0.25) is 5.02 Å². The Labute approximate surface area is 124 Å². The molecular formula is C15H20ClNO3. The van der Waals surface area contributed by atoms with Crippen molar-refractivity contribution in [3.63, 3.8) is 0 Å². The zero-order chi connectivity index (χ0) is 14.5. The minimum atomic E-state index is -0.0800. The molecule has 1 aromatic carbocycles. The molecule has 1 aliphatic heterocycles. The molecule has 1 amide bonds. The second-order valence-electron chi connectivity index (χ2n) is 5.00. The van der Waals surface area contributed by atoms with E-state index in [0.717, 1.165) is 25.9 Å². The Hall–Kier alpha value is -1.26. The molecule has 0 aliphatic carbocycles. The number of amides is 1. The number of carbonyl (C=O) groups is 1. The number of rotatable bonds is 4. The van der Waals surface area contributed by atoms with Gasteiger partial charge in [0.25, 0.3) is 5.91 Å². The fourth-order valence-corrected chi connectivity index (χ4v) is 2.56. The van der Waals surface area contributed by atoms with Gasteiger partial charge in [-0.2, -0.15) is 0 Å². The van der Waals surface area contributed by atoms with Crippen LogP contribution in [0.4, 0.5) is 0 Å². The van der Waals surface area contributed by atoms with Crippen molar-refractivity contribution in [1.82, 2.24) is 4.90 Å². The van der Waals surface area contributed by atoms with E-state index < -0.39 is 0 Å². The maximum atomic E-state index is 12.4. The number of hydrogen-bond donors (Lipinski definition) is 1. The smallest absolute Gasteiger partial charge is 0.253 e. The molecule has 4 nitrogen and oxygen atoms in total. The van der Waals surface area contributed by atoms with Crippen LogP contribution in [0, 0.1) is 0 Å². The predicted octanol–water partition coefficient (Wildman–Crippen LogP) is 3.08. The molecule has 2 rings (SSSR count). The highest BCUT2D eigenvalue weighted by Gasteiger charge is 2.21. The maximum Gasteiger partial charge on any atom is 0.253 e. The second-order valence-corrected chi connectivity index (χ2v) is 5.41. The largest absolute Gasteiger partial charge is 0.506 e. The SMILES string of the molecule is CCN(C[C@H]1CCCCO1)C(=O)c1ccc(O)c(Cl)c1. The molecule has 0 radical (unpaired) electrons. The number of benzene rings is 1. The van der Waals surface area contributed by atoms with E-state index in [2.05, 4.69) is 0 Å². The lowest BCUT2D eigenvalue weighted by Crippen LogP contribution is -2.39. The fourth-order valence-electron chi connectivity index (χ4n) is 2.38. The number of ether oxygens (including phenoxy) is 1. The molecule has 1 saturated heterocycles. The zero-order valence-corrected chi connectivity index (χ0v) is 12.4. The molecule has 110 valence electrons. The quantitative estimate of drug-likeness (QED) is 0.929. The summed E-state index contributed by atoms with van der Waals surface area (Å²) in [5.41, 5.74) is 0.491. The Morgan fingerprint density at radius 2 is 2.30 bits per heavy atom. The van der Waals surface area contributed by atoms with E-state index in [1.54, 1.807) is 11.0 Å². The Morgan fingerprint density at radius 3 is 2.90 bits per heavy atom. The van der Waals surface area contributed by atoms with Crippen molar-refractivity contribution in [3.05, 3.63) is 28.8 Å². The van der Waals surface area contributed by atoms with E-state index in [4.69, 9.17) is 16.3 Å². The topological polar surface area (TPSA) is 49.8 Å². The molecular weight excluding hydrogens is 278 g/mol. The Balaban J connectivity index is 2.05. The van der Waals surface area contributed by atoms with E-state index in [9.17, 15) is 9.90 Å². The number of carbonyl (C=O) groups excluding carboxylic acids is 1. The molecule has 1 aromatic rings. The van der Waals surface area contributed by atoms with Gasteiger partial charge in [0.1, 0.15) is 5.75 Å². The van der Waals surface area contributed by atoms with Crippen LogP contribution in [-0.4, -0.2) is 41.7 Å². The lowest BCUT2D eigenvalue weighted by atomic mass is 10.1. The van der Waals surface area contributed by atoms with Gasteiger partial charge in [0, 0.05) is 25.3 Å². The molecule has 0 saturated carbocycles. The Kier molecular flexibility index (Phi) is 5.26. The average molecular weight is 298 g/mol. The second kappa shape index (κ2) is 6.95. The van der Waals surface area contributed by atoms with E-state index in [-0.39, 0.29) is 22.8 Å². The van der Waals surface area contributed by atoms with Crippen LogP contribution < -0.4 is 0 Å². The van der Waals surface area contributed by atoms with Crippen LogP contribution >= 0.6 is 11.6 Å². The summed E-state index contributed by atoms with van der Waals surface area (Å²) in [6, 6.07) is 4.54. The molecule has 0 aromatic heterocycles. The number of aromatic hydroxyl groups is 1. The standard InChI is InChI=1S/C15H20ClNO3/c1-2-17(10-12-5-3-4-8-20-12)15(19)11-6-7-14(18)13(16)9-11/h6-7,9,12,18H,2-5,8,10H2,1H3/t12-/m1/s1. The van der Waals surface area contributed by atoms with E-state index in [0.29, 0.717) is 18.7 Å². The monoisotopic (exact) mass is 297 g/mol. The van der Waals surface area contributed by atoms with Crippen molar-refractivity contribution < 1.29 is 14.6 Å². The van der Waals surface area contributed by atoms with E-state index >= 15 is 0 Å². The van der Waals surface area contributed by atoms with Crippen LogP contribution in [0.5, 0.6) is 5.75 Å². The molecule has 1 fully saturated rings. The van der Waals surface area contributed by atoms with Gasteiger partial charge in [-0.1, -0.05) is 11.6 Å². The Bertz CT molecular complexity index is 472. The minimum Gasteiger partial charge on any atom is -0.506 e. The summed E-state index contributed by atoms with van der Waals surface area (Å²) in [5, 5.41) is 9.60. The first-order valence-corrected chi connectivity index (χ1v) is 7.39. The van der Waals surface area contributed by atoms with Crippen LogP contribution in [0.15, 0.2) is 18.2 Å². The van der Waals surface area contributed by atoms with Gasteiger partial charge in [0.05, 0.1) is 11.1 Å². The molecule has 20 heavy (non-hydrogen) atoms. The number of nitrogens with zero attached hydrogens (tertiary/aromatic N) is 1. The maximum absolute atomic E-state index is 12.4. The Morgan fingerprint density at radius 1 is 1.50 bits per heavy atom. The van der Waals surface area contributed by atoms with Crippen molar-refractivity contribution >= 4 is 17.5 Å².